The first-order valence-corrected chi connectivity index (χ1v) is 9.23. The van der Waals surface area contributed by atoms with Crippen LogP contribution in [-0.4, -0.2) is 71.0 Å². The summed E-state index contributed by atoms with van der Waals surface area (Å²) in [5.74, 6) is 2.19. The summed E-state index contributed by atoms with van der Waals surface area (Å²) >= 11 is 0. The van der Waals surface area contributed by atoms with Crippen LogP contribution < -0.4 is 20.1 Å². The van der Waals surface area contributed by atoms with Crippen molar-refractivity contribution in [2.75, 3.05) is 59.4 Å². The molecule has 0 saturated carbocycles. The second kappa shape index (κ2) is 13.0. The van der Waals surface area contributed by atoms with Crippen LogP contribution in [0.4, 0.5) is 5.69 Å². The minimum absolute atomic E-state index is 0. The minimum Gasteiger partial charge on any atom is -0.493 e. The van der Waals surface area contributed by atoms with Gasteiger partial charge < -0.3 is 24.8 Å². The molecule has 1 heterocycles. The summed E-state index contributed by atoms with van der Waals surface area (Å²) in [7, 11) is 5.17. The summed E-state index contributed by atoms with van der Waals surface area (Å²) in [5, 5.41) is 6.75. The second-order valence-electron chi connectivity index (χ2n) is 6.20. The lowest BCUT2D eigenvalue weighted by atomic mass is 10.2. The van der Waals surface area contributed by atoms with E-state index < -0.39 is 0 Å². The van der Waals surface area contributed by atoms with E-state index in [0.29, 0.717) is 12.6 Å². The molecule has 1 aromatic carbocycles. The number of nitrogens with one attached hydrogen (secondary N) is 2. The van der Waals surface area contributed by atoms with Crippen LogP contribution in [0.2, 0.25) is 0 Å². The molecule has 1 unspecified atom stereocenters. The highest BCUT2D eigenvalue weighted by atomic mass is 127. The number of likely N-dealkylation sites (tertiary alicyclic amines) is 1. The summed E-state index contributed by atoms with van der Waals surface area (Å²) in [6.07, 6.45) is 2.43. The molecule has 154 valence electrons. The Morgan fingerprint density at radius 3 is 2.78 bits per heavy atom. The van der Waals surface area contributed by atoms with Crippen LogP contribution in [0.15, 0.2) is 23.2 Å². The summed E-state index contributed by atoms with van der Waals surface area (Å²) in [6.45, 7) is 6.29. The van der Waals surface area contributed by atoms with Crippen LogP contribution in [0.3, 0.4) is 0 Å². The van der Waals surface area contributed by atoms with Gasteiger partial charge in [0, 0.05) is 45.0 Å². The van der Waals surface area contributed by atoms with Gasteiger partial charge in [-0.25, -0.2) is 0 Å². The van der Waals surface area contributed by atoms with Gasteiger partial charge in [-0.15, -0.1) is 24.0 Å². The molecule has 2 N–H and O–H groups in total. The Morgan fingerprint density at radius 1 is 1.30 bits per heavy atom. The quantitative estimate of drug-likeness (QED) is 0.314. The molecule has 0 amide bonds. The minimum atomic E-state index is 0. The molecule has 1 saturated heterocycles. The van der Waals surface area contributed by atoms with E-state index in [0.717, 1.165) is 49.4 Å². The number of aliphatic imine (C=N–C) groups is 1. The highest BCUT2D eigenvalue weighted by Crippen LogP contribution is 2.30. The van der Waals surface area contributed by atoms with Crippen molar-refractivity contribution in [3.05, 3.63) is 18.2 Å². The molecule has 1 fully saturated rings. The predicted molar refractivity (Wildman–Crippen MR) is 121 cm³/mol. The van der Waals surface area contributed by atoms with Crippen molar-refractivity contribution in [1.82, 2.24) is 10.2 Å². The van der Waals surface area contributed by atoms with E-state index in [9.17, 15) is 0 Å². The van der Waals surface area contributed by atoms with Crippen molar-refractivity contribution in [3.63, 3.8) is 0 Å². The van der Waals surface area contributed by atoms with Crippen molar-refractivity contribution < 1.29 is 14.2 Å². The smallest absolute Gasteiger partial charge is 0.195 e. The number of guanidine groups is 1. The number of benzene rings is 1. The van der Waals surface area contributed by atoms with Gasteiger partial charge in [0.05, 0.1) is 20.3 Å². The maximum Gasteiger partial charge on any atom is 0.195 e. The lowest BCUT2D eigenvalue weighted by molar-refractivity contribution is 0.141. The molecule has 1 aliphatic rings. The van der Waals surface area contributed by atoms with E-state index >= 15 is 0 Å². The van der Waals surface area contributed by atoms with Crippen LogP contribution in [0.25, 0.3) is 0 Å². The average Bonchev–Trinajstić information content (AvgIpc) is 3.11. The molecule has 7 nitrogen and oxygen atoms in total. The van der Waals surface area contributed by atoms with Gasteiger partial charge in [0.2, 0.25) is 0 Å². The molecule has 1 aromatic rings. The normalized spacial score (nSPS) is 17.3. The number of methoxy groups -OCH3 is 2. The average molecular weight is 492 g/mol. The third-order valence-electron chi connectivity index (χ3n) is 4.54. The first-order valence-electron chi connectivity index (χ1n) is 9.23. The zero-order valence-electron chi connectivity index (χ0n) is 16.8. The Bertz CT molecular complexity index is 586. The molecular weight excluding hydrogens is 459 g/mol. The monoisotopic (exact) mass is 492 g/mol. The van der Waals surface area contributed by atoms with E-state index in [-0.39, 0.29) is 24.0 Å². The maximum atomic E-state index is 5.63. The Kier molecular flexibility index (Phi) is 11.5. The molecule has 1 aliphatic heterocycles. The van der Waals surface area contributed by atoms with E-state index in [4.69, 9.17) is 14.2 Å². The standard InChI is InChI=1S/C19H32N4O3.HI/c1-5-26-18-13-15(8-9-17(18)25-4)22-19(20-2)21-14-16-7-6-10-23(16)11-12-24-3;/h8-9,13,16H,5-7,10-12,14H2,1-4H3,(H2,20,21,22);1H. The number of nitrogens with zero attached hydrogens (tertiary/aromatic N) is 2. The molecule has 0 aromatic heterocycles. The first kappa shape index (κ1) is 23.8. The zero-order valence-corrected chi connectivity index (χ0v) is 19.1. The number of anilines is 1. The van der Waals surface area contributed by atoms with E-state index in [1.807, 2.05) is 25.1 Å². The Balaban J connectivity index is 0.00000364. The Hall–Kier alpha value is -1.26. The fraction of sp³-hybridized carbons (Fsp3) is 0.632. The molecule has 2 rings (SSSR count). The van der Waals surface area contributed by atoms with E-state index in [1.54, 1.807) is 21.3 Å². The van der Waals surface area contributed by atoms with Gasteiger partial charge in [-0.2, -0.15) is 0 Å². The van der Waals surface area contributed by atoms with Crippen LogP contribution in [-0.2, 0) is 4.74 Å². The van der Waals surface area contributed by atoms with Crippen LogP contribution in [0.5, 0.6) is 11.5 Å². The lowest BCUT2D eigenvalue weighted by Crippen LogP contribution is -2.43. The number of hydrogen-bond donors (Lipinski definition) is 2. The van der Waals surface area contributed by atoms with Crippen LogP contribution >= 0.6 is 24.0 Å². The number of hydrogen-bond acceptors (Lipinski definition) is 5. The van der Waals surface area contributed by atoms with E-state index in [2.05, 4.69) is 20.5 Å². The van der Waals surface area contributed by atoms with Crippen molar-refractivity contribution in [2.24, 2.45) is 4.99 Å². The predicted octanol–water partition coefficient (Wildman–Crippen LogP) is 2.81. The zero-order chi connectivity index (χ0) is 18.8. The molecule has 0 radical (unpaired) electrons. The van der Waals surface area contributed by atoms with Gasteiger partial charge in [-0.3, -0.25) is 9.89 Å². The molecule has 0 bridgehead atoms. The van der Waals surface area contributed by atoms with E-state index in [1.165, 1.54) is 12.8 Å². The fourth-order valence-corrected chi connectivity index (χ4v) is 3.18. The molecule has 8 heteroatoms. The summed E-state index contributed by atoms with van der Waals surface area (Å²) in [5.41, 5.74) is 0.907. The maximum absolute atomic E-state index is 5.63. The summed E-state index contributed by atoms with van der Waals surface area (Å²) in [6, 6.07) is 6.28. The molecule has 0 spiro atoms. The topological polar surface area (TPSA) is 67.4 Å². The molecule has 27 heavy (non-hydrogen) atoms. The number of ether oxygens (including phenoxy) is 3. The highest BCUT2D eigenvalue weighted by molar-refractivity contribution is 14.0. The Labute approximate surface area is 179 Å². The van der Waals surface area contributed by atoms with Gasteiger partial charge >= 0.3 is 0 Å². The van der Waals surface area contributed by atoms with Gasteiger partial charge in [0.25, 0.3) is 0 Å². The Morgan fingerprint density at radius 2 is 2.11 bits per heavy atom. The highest BCUT2D eigenvalue weighted by Gasteiger charge is 2.24. The lowest BCUT2D eigenvalue weighted by Gasteiger charge is -2.25. The molecular formula is C19H33IN4O3. The first-order chi connectivity index (χ1) is 12.7. The van der Waals surface area contributed by atoms with Gasteiger partial charge in [0.1, 0.15) is 0 Å². The second-order valence-corrected chi connectivity index (χ2v) is 6.20. The van der Waals surface area contributed by atoms with Crippen LogP contribution in [0, 0.1) is 0 Å². The van der Waals surface area contributed by atoms with Crippen LogP contribution in [0.1, 0.15) is 19.8 Å². The summed E-state index contributed by atoms with van der Waals surface area (Å²) in [4.78, 5) is 6.81. The van der Waals surface area contributed by atoms with Gasteiger partial charge in [-0.1, -0.05) is 0 Å². The SMILES string of the molecule is CCOc1cc(NC(=NC)NCC2CCCN2CCOC)ccc1OC.I. The number of halogens is 1. The van der Waals surface area contributed by atoms with Crippen molar-refractivity contribution in [2.45, 2.75) is 25.8 Å². The summed E-state index contributed by atoms with van der Waals surface area (Å²) < 4.78 is 16.2. The van der Waals surface area contributed by atoms with Gasteiger partial charge in [-0.05, 0) is 38.4 Å². The molecule has 1 atom stereocenters. The third kappa shape index (κ3) is 7.34. The van der Waals surface area contributed by atoms with Gasteiger partial charge in [0.15, 0.2) is 17.5 Å². The fourth-order valence-electron chi connectivity index (χ4n) is 3.18. The van der Waals surface area contributed by atoms with Crippen molar-refractivity contribution in [1.29, 1.82) is 0 Å². The third-order valence-corrected chi connectivity index (χ3v) is 4.54. The van der Waals surface area contributed by atoms with Crippen molar-refractivity contribution >= 4 is 35.6 Å². The van der Waals surface area contributed by atoms with Crippen molar-refractivity contribution in [3.8, 4) is 11.5 Å². The molecule has 0 aliphatic carbocycles. The largest absolute Gasteiger partial charge is 0.493 e. The number of rotatable bonds is 9.